The zero-order chi connectivity index (χ0) is 22.2. The highest BCUT2D eigenvalue weighted by Crippen LogP contribution is 2.29. The van der Waals surface area contributed by atoms with Crippen molar-refractivity contribution in [2.75, 3.05) is 53.0 Å². The van der Waals surface area contributed by atoms with E-state index in [2.05, 4.69) is 28.5 Å². The van der Waals surface area contributed by atoms with Crippen LogP contribution >= 0.6 is 0 Å². The minimum absolute atomic E-state index is 0.217. The number of carbonyl (C=O) groups is 1. The molecule has 1 saturated heterocycles. The third kappa shape index (κ3) is 6.57. The number of amides is 1. The Balaban J connectivity index is 1.55. The van der Waals surface area contributed by atoms with E-state index in [1.54, 1.807) is 7.11 Å². The summed E-state index contributed by atoms with van der Waals surface area (Å²) in [7, 11) is 1.62. The molecule has 1 saturated carbocycles. The predicted molar refractivity (Wildman–Crippen MR) is 122 cm³/mol. The van der Waals surface area contributed by atoms with Gasteiger partial charge in [-0.1, -0.05) is 32.8 Å². The van der Waals surface area contributed by atoms with E-state index < -0.39 is 6.10 Å². The molecule has 1 heterocycles. The first-order chi connectivity index (χ1) is 15.0. The number of rotatable bonds is 11. The Bertz CT molecular complexity index is 704. The van der Waals surface area contributed by atoms with Crippen molar-refractivity contribution in [3.05, 3.63) is 23.8 Å². The Labute approximate surface area is 186 Å². The zero-order valence-electron chi connectivity index (χ0n) is 19.4. The van der Waals surface area contributed by atoms with Crippen LogP contribution < -0.4 is 9.47 Å². The van der Waals surface area contributed by atoms with Gasteiger partial charge in [-0.3, -0.25) is 9.69 Å². The SMILES string of the molecule is CCN(CC)C[C@@H](O)COc1cc(CN2CCN(C3CCCC3)C(=O)C2)ccc1OC. The molecule has 0 unspecified atom stereocenters. The van der Waals surface area contributed by atoms with Crippen molar-refractivity contribution in [2.24, 2.45) is 0 Å². The van der Waals surface area contributed by atoms with Gasteiger partial charge in [0.2, 0.25) is 5.91 Å². The summed E-state index contributed by atoms with van der Waals surface area (Å²) in [6.45, 7) is 9.67. The average Bonchev–Trinajstić information content (AvgIpc) is 3.31. The molecule has 2 fully saturated rings. The van der Waals surface area contributed by atoms with Gasteiger partial charge in [0, 0.05) is 32.2 Å². The summed E-state index contributed by atoms with van der Waals surface area (Å²) in [5.74, 6) is 1.54. The van der Waals surface area contributed by atoms with Crippen molar-refractivity contribution in [3.8, 4) is 11.5 Å². The van der Waals surface area contributed by atoms with Crippen LogP contribution in [0.2, 0.25) is 0 Å². The molecule has 1 aliphatic heterocycles. The highest BCUT2D eigenvalue weighted by atomic mass is 16.5. The van der Waals surface area contributed by atoms with E-state index >= 15 is 0 Å². The van der Waals surface area contributed by atoms with Crippen molar-refractivity contribution >= 4 is 5.91 Å². The molecule has 1 aromatic carbocycles. The van der Waals surface area contributed by atoms with Crippen molar-refractivity contribution in [2.45, 2.75) is 58.2 Å². The summed E-state index contributed by atoms with van der Waals surface area (Å²) in [6.07, 6.45) is 4.25. The van der Waals surface area contributed by atoms with Gasteiger partial charge in [-0.05, 0) is 43.6 Å². The average molecular weight is 434 g/mol. The molecule has 1 aromatic rings. The summed E-state index contributed by atoms with van der Waals surface area (Å²) in [5.41, 5.74) is 1.08. The third-order valence-electron chi connectivity index (χ3n) is 6.53. The van der Waals surface area contributed by atoms with Crippen LogP contribution in [0.4, 0.5) is 0 Å². The molecule has 31 heavy (non-hydrogen) atoms. The Morgan fingerprint density at radius 1 is 1.16 bits per heavy atom. The van der Waals surface area contributed by atoms with Crippen LogP contribution in [0.3, 0.4) is 0 Å². The van der Waals surface area contributed by atoms with Gasteiger partial charge in [-0.15, -0.1) is 0 Å². The molecular weight excluding hydrogens is 394 g/mol. The zero-order valence-corrected chi connectivity index (χ0v) is 19.4. The monoisotopic (exact) mass is 433 g/mol. The van der Waals surface area contributed by atoms with Crippen LogP contribution in [0, 0.1) is 0 Å². The smallest absolute Gasteiger partial charge is 0.237 e. The highest BCUT2D eigenvalue weighted by Gasteiger charge is 2.31. The minimum atomic E-state index is -0.561. The van der Waals surface area contributed by atoms with Crippen molar-refractivity contribution < 1.29 is 19.4 Å². The molecule has 1 amide bonds. The molecule has 1 atom stereocenters. The van der Waals surface area contributed by atoms with Crippen LogP contribution in [-0.4, -0.2) is 90.8 Å². The fourth-order valence-corrected chi connectivity index (χ4v) is 4.68. The summed E-state index contributed by atoms with van der Waals surface area (Å²) < 4.78 is 11.4. The molecule has 7 nitrogen and oxygen atoms in total. The van der Waals surface area contributed by atoms with Crippen LogP contribution in [0.5, 0.6) is 11.5 Å². The van der Waals surface area contributed by atoms with Crippen molar-refractivity contribution in [1.82, 2.24) is 14.7 Å². The topological polar surface area (TPSA) is 65.5 Å². The number of aliphatic hydroxyl groups is 1. The van der Waals surface area contributed by atoms with Crippen LogP contribution in [0.25, 0.3) is 0 Å². The highest BCUT2D eigenvalue weighted by molar-refractivity contribution is 5.79. The lowest BCUT2D eigenvalue weighted by Crippen LogP contribution is -2.53. The summed E-state index contributed by atoms with van der Waals surface area (Å²) >= 11 is 0. The number of methoxy groups -OCH3 is 1. The summed E-state index contributed by atoms with van der Waals surface area (Å²) in [4.78, 5) is 19.1. The maximum Gasteiger partial charge on any atom is 0.237 e. The first-order valence-electron chi connectivity index (χ1n) is 11.8. The van der Waals surface area contributed by atoms with Gasteiger partial charge in [-0.2, -0.15) is 0 Å². The molecule has 0 radical (unpaired) electrons. The summed E-state index contributed by atoms with van der Waals surface area (Å²) in [6, 6.07) is 6.35. The van der Waals surface area contributed by atoms with Gasteiger partial charge in [-0.25, -0.2) is 0 Å². The summed E-state index contributed by atoms with van der Waals surface area (Å²) in [5, 5.41) is 10.3. The fourth-order valence-electron chi connectivity index (χ4n) is 4.68. The number of benzene rings is 1. The first-order valence-corrected chi connectivity index (χ1v) is 11.8. The minimum Gasteiger partial charge on any atom is -0.493 e. The van der Waals surface area contributed by atoms with Gasteiger partial charge in [0.15, 0.2) is 11.5 Å². The molecular formula is C24H39N3O4. The van der Waals surface area contributed by atoms with E-state index in [1.165, 1.54) is 12.8 Å². The van der Waals surface area contributed by atoms with Crippen LogP contribution in [0.1, 0.15) is 45.1 Å². The molecule has 0 spiro atoms. The van der Waals surface area contributed by atoms with E-state index in [0.29, 0.717) is 37.2 Å². The van der Waals surface area contributed by atoms with E-state index in [-0.39, 0.29) is 12.5 Å². The van der Waals surface area contributed by atoms with Crippen LogP contribution in [-0.2, 0) is 11.3 Å². The Morgan fingerprint density at radius 2 is 1.90 bits per heavy atom. The van der Waals surface area contributed by atoms with Crippen molar-refractivity contribution in [3.63, 3.8) is 0 Å². The second-order valence-electron chi connectivity index (χ2n) is 8.67. The molecule has 2 aliphatic rings. The molecule has 3 rings (SSSR count). The maximum absolute atomic E-state index is 12.7. The number of carbonyl (C=O) groups excluding carboxylic acids is 1. The molecule has 1 aliphatic carbocycles. The lowest BCUT2D eigenvalue weighted by Gasteiger charge is -2.37. The number of piperazine rings is 1. The Hall–Kier alpha value is -1.83. The molecule has 1 N–H and O–H groups in total. The predicted octanol–water partition coefficient (Wildman–Crippen LogP) is 2.36. The molecule has 0 bridgehead atoms. The number of nitrogens with zero attached hydrogens (tertiary/aromatic N) is 3. The van der Waals surface area contributed by atoms with E-state index in [4.69, 9.17) is 9.47 Å². The van der Waals surface area contributed by atoms with Gasteiger partial charge in [0.25, 0.3) is 0 Å². The van der Waals surface area contributed by atoms with E-state index in [1.807, 2.05) is 18.2 Å². The van der Waals surface area contributed by atoms with Gasteiger partial charge < -0.3 is 24.4 Å². The Morgan fingerprint density at radius 3 is 2.55 bits per heavy atom. The standard InChI is InChI=1S/C24H39N3O4/c1-4-25(5-2)16-21(28)18-31-23-14-19(10-11-22(23)30-3)15-26-12-13-27(24(29)17-26)20-8-6-7-9-20/h10-11,14,20-21,28H,4-9,12-13,15-18H2,1-3H3/t21-/m1/s1. The molecule has 174 valence electrons. The second-order valence-corrected chi connectivity index (χ2v) is 8.67. The van der Waals surface area contributed by atoms with Gasteiger partial charge >= 0.3 is 0 Å². The second kappa shape index (κ2) is 11.7. The van der Waals surface area contributed by atoms with E-state index in [0.717, 1.165) is 44.6 Å². The lowest BCUT2D eigenvalue weighted by molar-refractivity contribution is -0.138. The molecule has 0 aromatic heterocycles. The number of hydrogen-bond acceptors (Lipinski definition) is 6. The number of ether oxygens (including phenoxy) is 2. The third-order valence-corrected chi connectivity index (χ3v) is 6.53. The van der Waals surface area contributed by atoms with Gasteiger partial charge in [0.1, 0.15) is 12.7 Å². The van der Waals surface area contributed by atoms with Gasteiger partial charge in [0.05, 0.1) is 13.7 Å². The first kappa shape index (κ1) is 23.8. The van der Waals surface area contributed by atoms with Crippen LogP contribution in [0.15, 0.2) is 18.2 Å². The number of aliphatic hydroxyl groups excluding tert-OH is 1. The quantitative estimate of drug-likeness (QED) is 0.578. The Kier molecular flexibility index (Phi) is 8.99. The number of hydrogen-bond donors (Lipinski definition) is 1. The van der Waals surface area contributed by atoms with E-state index in [9.17, 15) is 9.90 Å². The maximum atomic E-state index is 12.7. The largest absolute Gasteiger partial charge is 0.493 e. The van der Waals surface area contributed by atoms with Crippen molar-refractivity contribution in [1.29, 1.82) is 0 Å². The normalized spacial score (nSPS) is 19.3. The molecule has 7 heteroatoms. The number of likely N-dealkylation sites (N-methyl/N-ethyl adjacent to an activating group) is 1. The lowest BCUT2D eigenvalue weighted by atomic mass is 10.1. The fraction of sp³-hybridized carbons (Fsp3) is 0.708.